The van der Waals surface area contributed by atoms with Crippen molar-refractivity contribution in [1.29, 1.82) is 0 Å². The van der Waals surface area contributed by atoms with Crippen molar-refractivity contribution in [2.24, 2.45) is 0 Å². The van der Waals surface area contributed by atoms with Gasteiger partial charge in [-0.3, -0.25) is 4.90 Å². The monoisotopic (exact) mass is 554 g/mol. The van der Waals surface area contributed by atoms with E-state index in [1.165, 1.54) is 18.2 Å². The number of nitrogens with one attached hydrogen (secondary N) is 1. The molecular formula is C27H40ClFN4O3S. The fraction of sp³-hybridized carbons (Fsp3) is 0.593. The topological polar surface area (TPSA) is 74.8 Å². The summed E-state index contributed by atoms with van der Waals surface area (Å²) >= 11 is 5.97. The Kier molecular flexibility index (Phi) is 11.0. The summed E-state index contributed by atoms with van der Waals surface area (Å²) in [5.41, 5.74) is 0. The third kappa shape index (κ3) is 8.27. The van der Waals surface area contributed by atoms with Gasteiger partial charge >= 0.3 is 0 Å². The molecular weight excluding hydrogens is 515 g/mol. The first-order chi connectivity index (χ1) is 17.7. The Morgan fingerprint density at radius 2 is 1.81 bits per heavy atom. The number of hydrogen-bond acceptors (Lipinski definition) is 6. The summed E-state index contributed by atoms with van der Waals surface area (Å²) in [6.07, 6.45) is 8.73. The van der Waals surface area contributed by atoms with Crippen molar-refractivity contribution in [2.45, 2.75) is 77.7 Å². The maximum absolute atomic E-state index is 13.9. The molecule has 7 nitrogen and oxygen atoms in total. The summed E-state index contributed by atoms with van der Waals surface area (Å²) in [5.74, 6) is 1.71. The highest BCUT2D eigenvalue weighted by molar-refractivity contribution is 7.93. The molecule has 2 aliphatic carbocycles. The Morgan fingerprint density at radius 1 is 1.14 bits per heavy atom. The number of nitrogens with zero attached hydrogens (tertiary/aromatic N) is 3. The minimum atomic E-state index is -3.83. The molecule has 0 amide bonds. The number of alkyl halides is 1. The predicted molar refractivity (Wildman–Crippen MR) is 149 cm³/mol. The van der Waals surface area contributed by atoms with Gasteiger partial charge in [0.1, 0.15) is 6.17 Å². The van der Waals surface area contributed by atoms with Gasteiger partial charge < -0.3 is 9.64 Å². The first-order valence-corrected chi connectivity index (χ1v) is 15.1. The molecule has 1 unspecified atom stereocenters. The molecule has 0 spiro atoms. The first-order valence-electron chi connectivity index (χ1n) is 13.3. The van der Waals surface area contributed by atoms with E-state index < -0.39 is 16.2 Å². The van der Waals surface area contributed by atoms with E-state index in [2.05, 4.69) is 19.5 Å². The standard InChI is InChI=1S/C25H34ClFN4O3S.C2H6/c1-18(2)34-24-4-3-11-28-25(24)31-14-12-30(13-15-31)22-9-7-21(8-10-22)29-35(32,33)23-16-19(26)5-6-20(27)17-23;1-2/h3-6,11,16-18,20-22,29H,7-10,12-15H2,1-2H3;1-2H3. The van der Waals surface area contributed by atoms with Gasteiger partial charge in [-0.05, 0) is 76.0 Å². The van der Waals surface area contributed by atoms with E-state index in [0.717, 1.165) is 69.5 Å². The molecule has 1 saturated carbocycles. The fourth-order valence-corrected chi connectivity index (χ4v) is 6.56. The van der Waals surface area contributed by atoms with Gasteiger partial charge in [0.15, 0.2) is 11.6 Å². The van der Waals surface area contributed by atoms with E-state index in [4.69, 9.17) is 16.3 Å². The van der Waals surface area contributed by atoms with Crippen LogP contribution in [0.25, 0.3) is 0 Å². The first kappa shape index (κ1) is 29.6. The van der Waals surface area contributed by atoms with Crippen LogP contribution in [0, 0.1) is 0 Å². The average Bonchev–Trinajstić information content (AvgIpc) is 3.06. The predicted octanol–water partition coefficient (Wildman–Crippen LogP) is 5.16. The lowest BCUT2D eigenvalue weighted by atomic mass is 9.90. The van der Waals surface area contributed by atoms with Crippen LogP contribution < -0.4 is 14.4 Å². The SMILES string of the molecule is CC.CC(C)Oc1cccnc1N1CCN(C2CCC(NS(=O)(=O)C3=CC(F)C=CC(Cl)=C3)CC2)CC1. The largest absolute Gasteiger partial charge is 0.487 e. The Balaban J connectivity index is 0.00000186. The molecule has 1 atom stereocenters. The highest BCUT2D eigenvalue weighted by Gasteiger charge is 2.31. The lowest BCUT2D eigenvalue weighted by molar-refractivity contribution is 0.139. The van der Waals surface area contributed by atoms with Gasteiger partial charge in [0, 0.05) is 49.5 Å². The highest BCUT2D eigenvalue weighted by atomic mass is 35.5. The molecule has 1 aromatic heterocycles. The van der Waals surface area contributed by atoms with E-state index in [9.17, 15) is 12.8 Å². The van der Waals surface area contributed by atoms with Crippen molar-refractivity contribution in [1.82, 2.24) is 14.6 Å². The zero-order chi connectivity index (χ0) is 27.0. The molecule has 10 heteroatoms. The molecule has 1 aliphatic heterocycles. The number of pyridine rings is 1. The Morgan fingerprint density at radius 3 is 2.46 bits per heavy atom. The lowest BCUT2D eigenvalue weighted by Gasteiger charge is -2.42. The molecule has 1 N–H and O–H groups in total. The minimum absolute atomic E-state index is 0.0915. The van der Waals surface area contributed by atoms with Crippen LogP contribution >= 0.6 is 11.6 Å². The van der Waals surface area contributed by atoms with Crippen LogP contribution in [-0.2, 0) is 10.0 Å². The number of halogens is 2. The van der Waals surface area contributed by atoms with Gasteiger partial charge in [0.05, 0.1) is 11.0 Å². The third-order valence-corrected chi connectivity index (χ3v) is 8.37. The van der Waals surface area contributed by atoms with Crippen molar-refractivity contribution in [3.05, 3.63) is 52.6 Å². The number of aromatic nitrogens is 1. The normalized spacial score (nSPS) is 25.1. The molecule has 4 rings (SSSR count). The van der Waals surface area contributed by atoms with Crippen LogP contribution in [-0.4, -0.2) is 68.8 Å². The molecule has 0 bridgehead atoms. The highest BCUT2D eigenvalue weighted by Crippen LogP contribution is 2.30. The molecule has 0 aromatic carbocycles. The van der Waals surface area contributed by atoms with Crippen LogP contribution in [0.4, 0.5) is 10.2 Å². The van der Waals surface area contributed by atoms with E-state index >= 15 is 0 Å². The number of rotatable bonds is 7. The summed E-state index contributed by atoms with van der Waals surface area (Å²) in [6, 6.07) is 4.13. The van der Waals surface area contributed by atoms with Crippen molar-refractivity contribution in [3.8, 4) is 5.75 Å². The molecule has 1 saturated heterocycles. The number of ether oxygens (including phenoxy) is 1. The van der Waals surface area contributed by atoms with Crippen molar-refractivity contribution in [3.63, 3.8) is 0 Å². The van der Waals surface area contributed by atoms with Gasteiger partial charge in [-0.2, -0.15) is 0 Å². The number of anilines is 1. The Bertz CT molecular complexity index is 1080. The summed E-state index contributed by atoms with van der Waals surface area (Å²) in [4.78, 5) is 9.23. The Hall–Kier alpha value is -1.94. The van der Waals surface area contributed by atoms with E-state index in [1.807, 2.05) is 39.8 Å². The summed E-state index contributed by atoms with van der Waals surface area (Å²) < 4.78 is 48.3. The zero-order valence-electron chi connectivity index (χ0n) is 22.2. The zero-order valence-corrected chi connectivity index (χ0v) is 23.8. The second-order valence-electron chi connectivity index (χ2n) is 9.54. The maximum atomic E-state index is 13.9. The molecule has 37 heavy (non-hydrogen) atoms. The van der Waals surface area contributed by atoms with Crippen LogP contribution in [0.3, 0.4) is 0 Å². The van der Waals surface area contributed by atoms with E-state index in [1.54, 1.807) is 6.20 Å². The van der Waals surface area contributed by atoms with Gasteiger partial charge in [0.2, 0.25) is 10.0 Å². The molecule has 206 valence electrons. The van der Waals surface area contributed by atoms with Gasteiger partial charge in [-0.1, -0.05) is 25.4 Å². The number of allylic oxidation sites excluding steroid dienone is 5. The van der Waals surface area contributed by atoms with Crippen molar-refractivity contribution < 1.29 is 17.5 Å². The van der Waals surface area contributed by atoms with Crippen LogP contribution in [0.1, 0.15) is 53.4 Å². The average molecular weight is 555 g/mol. The number of sulfonamides is 1. The van der Waals surface area contributed by atoms with Crippen molar-refractivity contribution in [2.75, 3.05) is 31.1 Å². The second kappa shape index (κ2) is 13.7. The maximum Gasteiger partial charge on any atom is 0.240 e. The minimum Gasteiger partial charge on any atom is -0.487 e. The smallest absolute Gasteiger partial charge is 0.240 e. The van der Waals surface area contributed by atoms with Gasteiger partial charge in [-0.15, -0.1) is 0 Å². The van der Waals surface area contributed by atoms with Crippen molar-refractivity contribution >= 4 is 27.4 Å². The number of hydrogen-bond donors (Lipinski definition) is 1. The second-order valence-corrected chi connectivity index (χ2v) is 11.7. The molecule has 2 fully saturated rings. The quantitative estimate of drug-likeness (QED) is 0.502. The number of piperazine rings is 1. The summed E-state index contributed by atoms with van der Waals surface area (Å²) in [7, 11) is -3.83. The molecule has 1 aromatic rings. The van der Waals surface area contributed by atoms with Crippen LogP contribution in [0.15, 0.2) is 52.6 Å². The molecule has 3 aliphatic rings. The fourth-order valence-electron chi connectivity index (χ4n) is 4.91. The van der Waals surface area contributed by atoms with Crippen LogP contribution in [0.2, 0.25) is 0 Å². The molecule has 2 heterocycles. The molecule has 0 radical (unpaired) electrons. The van der Waals surface area contributed by atoms with Crippen LogP contribution in [0.5, 0.6) is 5.75 Å². The van der Waals surface area contributed by atoms with Gasteiger partial charge in [0.25, 0.3) is 0 Å². The van der Waals surface area contributed by atoms with E-state index in [0.29, 0.717) is 6.04 Å². The Labute approximate surface area is 226 Å². The lowest BCUT2D eigenvalue weighted by Crippen LogP contribution is -2.52. The van der Waals surface area contributed by atoms with E-state index in [-0.39, 0.29) is 22.1 Å². The summed E-state index contributed by atoms with van der Waals surface area (Å²) in [5, 5.41) is 0.193. The third-order valence-electron chi connectivity index (χ3n) is 6.62. The van der Waals surface area contributed by atoms with Gasteiger partial charge in [-0.25, -0.2) is 22.5 Å². The summed E-state index contributed by atoms with van der Waals surface area (Å²) in [6.45, 7) is 11.6.